The van der Waals surface area contributed by atoms with Crippen LogP contribution in [0.15, 0.2) is 263 Å². The van der Waals surface area contributed by atoms with Gasteiger partial charge in [0.25, 0.3) is 0 Å². The van der Waals surface area contributed by atoms with Gasteiger partial charge in [-0.2, -0.15) is 10.2 Å². The molecule has 146 heavy (non-hydrogen) atoms. The highest BCUT2D eigenvalue weighted by Crippen LogP contribution is 2.67. The first kappa shape index (κ1) is 103. The quantitative estimate of drug-likeness (QED) is 0.0402. The SMILES string of the molecule is CC(=O)c1ccc(C(S(=O)(=O)c2ccccc2)S(=O)(=O)c2ccccc2)cc1.CC(C)[C@H]1CC[C@@]2(C)C(CCC3C2(O)CCC[C@@]3(C)CO)C1.COc1ccc(C2c3cc(O)c(OC)cc3Cc3cc(OC)c(O)cc32)cc1.C[C@H]1Cc2cc3c(-c4c(O)cc(O)c5c(O)c6c(cc45)O[C@H](C)[C@@H](C)C6=O)c(O)cc(O)c3c(O)c2C(=O)[C@@H]1C.O=C1c2ccccc2C(=O)C2(C(c3ccccc3)c3ccccc3)N=NCC12. The molecule has 12 atom stereocenters. The average molecular weight is 2010 g/mol. The Balaban J connectivity index is 0.000000127. The zero-order valence-electron chi connectivity index (χ0n) is 83.5. The van der Waals surface area contributed by atoms with E-state index in [1.54, 1.807) is 96.7 Å². The normalized spacial score (nSPS) is 23.2. The van der Waals surface area contributed by atoms with Crippen molar-refractivity contribution in [1.29, 1.82) is 0 Å². The zero-order valence-corrected chi connectivity index (χ0v) is 85.1. The van der Waals surface area contributed by atoms with Crippen molar-refractivity contribution in [2.75, 3.05) is 34.5 Å². The highest BCUT2D eigenvalue weighted by atomic mass is 32.3. The summed E-state index contributed by atoms with van der Waals surface area (Å²) in [4.78, 5) is 64.7. The minimum atomic E-state index is -4.27. The molecule has 13 aromatic carbocycles. The van der Waals surface area contributed by atoms with Gasteiger partial charge in [-0.3, -0.25) is 24.0 Å². The van der Waals surface area contributed by atoms with Crippen LogP contribution in [0.5, 0.6) is 69.0 Å². The molecular weight excluding hydrogens is 1890 g/mol. The first-order chi connectivity index (χ1) is 69.6. The van der Waals surface area contributed by atoms with Gasteiger partial charge in [0.2, 0.25) is 0 Å². The molecule has 2 heterocycles. The molecule has 10 N–H and O–H groups in total. The van der Waals surface area contributed by atoms with Crippen LogP contribution in [-0.4, -0.2) is 149 Å². The molecule has 3 saturated carbocycles. The highest BCUT2D eigenvalue weighted by molar-refractivity contribution is 8.08. The number of carbonyl (C=O) groups excluding carboxylic acids is 5. The van der Waals surface area contributed by atoms with E-state index >= 15 is 0 Å². The topological polar surface area (TPSA) is 418 Å². The summed E-state index contributed by atoms with van der Waals surface area (Å²) >= 11 is 0. The van der Waals surface area contributed by atoms with Gasteiger partial charge in [0.1, 0.15) is 57.7 Å². The van der Waals surface area contributed by atoms with Gasteiger partial charge in [-0.25, -0.2) is 16.8 Å². The van der Waals surface area contributed by atoms with Crippen molar-refractivity contribution < 1.29 is 111 Å². The number of aliphatic hydroxyl groups is 2. The van der Waals surface area contributed by atoms with Gasteiger partial charge in [-0.1, -0.05) is 206 Å². The van der Waals surface area contributed by atoms with Crippen LogP contribution in [-0.2, 0) is 32.5 Å². The van der Waals surface area contributed by atoms with E-state index in [1.165, 1.54) is 111 Å². The lowest BCUT2D eigenvalue weighted by Crippen LogP contribution is -2.65. The standard InChI is InChI=1S/C31H28O9.C24H18N2O2.C23H22O5.C21H18O5S2.C20H36O2/c1-10-5-14-6-15-23(17(32)8-19(34)25(15)30(38)22(14)28(36)11(10)2)24-16-7-21-27(29(37)12(3)13(4)40-21)31(39)26(16)20(35)9-18(24)33;27-22-18-13-7-8-14-19(18)23(28)24(20(22)15-25-26-24)21(16-9-3-1-4-10-16)17-11-5-2-6-12-17;1-26-16-6-4-13(5-7-16)23-17-11-19(24)21(27-2)9-14(17)8-15-10-22(28-3)20(25)12-18(15)23;1-16(22)17-12-14-18(15-13-17)21(27(23,24)19-8-4-2-5-9-19)28(25,26)20-10-6-3-7-11-20;1-14(2)15-8-11-19(4)16(12-15)6-7-17-18(3,13-21)9-5-10-20(17,19)22/h6-13,32-35,38-39H,5H2,1-4H3;1-14,20-21H,15H2;4-7,9-12,23-25H,8H2,1-3H3;2-15,21H,1H3;14-17,21-22H,5-13H2,1-4H3/t10-,11+,12+,13+;;;;15-,16?,17?,18-,19-,20?/m0...0/s1. The van der Waals surface area contributed by atoms with Crippen molar-refractivity contribution in [3.05, 3.63) is 321 Å². The number of ketones is 5. The number of aromatic hydroxyl groups is 8. The molecular formula is C119H122N2O23S2. The highest BCUT2D eigenvalue weighted by Gasteiger charge is 2.65. The second-order valence-corrected chi connectivity index (χ2v) is 45.4. The van der Waals surface area contributed by atoms with Crippen LogP contribution in [0.1, 0.15) is 232 Å². The van der Waals surface area contributed by atoms with Gasteiger partial charge >= 0.3 is 0 Å². The Morgan fingerprint density at radius 1 is 0.514 bits per heavy atom. The first-order valence-electron chi connectivity index (χ1n) is 49.5. The van der Waals surface area contributed by atoms with E-state index in [4.69, 9.17) is 18.9 Å². The molecule has 8 aliphatic rings. The van der Waals surface area contributed by atoms with Crippen LogP contribution in [0.4, 0.5) is 0 Å². The lowest BCUT2D eigenvalue weighted by Gasteiger charge is -2.65. The number of nitrogens with zero attached hydrogens (tertiary/aromatic N) is 2. The number of azo groups is 1. The number of hydrogen-bond acceptors (Lipinski definition) is 25. The van der Waals surface area contributed by atoms with E-state index < -0.39 is 87.8 Å². The number of phenolic OH excluding ortho intramolecular Hbond substituents is 8. The summed E-state index contributed by atoms with van der Waals surface area (Å²) in [5.41, 5.74) is 7.11. The summed E-state index contributed by atoms with van der Waals surface area (Å²) < 4.78 is 73.3. The van der Waals surface area contributed by atoms with Gasteiger partial charge in [0, 0.05) is 75.1 Å². The lowest BCUT2D eigenvalue weighted by atomic mass is 9.42. The number of aliphatic hydroxyl groups excluding tert-OH is 1. The number of rotatable bonds is 16. The fourth-order valence-electron chi connectivity index (χ4n) is 24.1. The summed E-state index contributed by atoms with van der Waals surface area (Å²) in [7, 11) is -3.81. The smallest absolute Gasteiger partial charge is 0.200 e. The Kier molecular flexibility index (Phi) is 28.7. The van der Waals surface area contributed by atoms with Crippen LogP contribution in [0.25, 0.3) is 32.7 Å². The number of methoxy groups -OCH3 is 3. The molecule has 2 aliphatic heterocycles. The van der Waals surface area contributed by atoms with Gasteiger partial charge in [0.05, 0.1) is 71.4 Å². The van der Waals surface area contributed by atoms with Crippen molar-refractivity contribution >= 4 is 70.1 Å². The maximum absolute atomic E-state index is 13.8. The fourth-order valence-corrected chi connectivity index (χ4v) is 28.7. The molecule has 3 fully saturated rings. The molecule has 758 valence electrons. The molecule has 21 rings (SSSR count). The summed E-state index contributed by atoms with van der Waals surface area (Å²) in [6, 6.07) is 67.4. The van der Waals surface area contributed by atoms with Crippen LogP contribution in [0.3, 0.4) is 0 Å². The Morgan fingerprint density at radius 2 is 1.02 bits per heavy atom. The molecule has 0 radical (unpaired) electrons. The van der Waals surface area contributed by atoms with Gasteiger partial charge < -0.3 is 70.0 Å². The van der Waals surface area contributed by atoms with E-state index in [1.807, 2.05) is 104 Å². The van der Waals surface area contributed by atoms with Gasteiger partial charge in [-0.15, -0.1) is 0 Å². The Morgan fingerprint density at radius 3 is 1.53 bits per heavy atom. The molecule has 0 bridgehead atoms. The fraction of sp³-hybridized carbons (Fsp3) is 0.336. The van der Waals surface area contributed by atoms with Gasteiger partial charge in [0.15, 0.2) is 81.7 Å². The van der Waals surface area contributed by atoms with E-state index in [0.29, 0.717) is 52.5 Å². The van der Waals surface area contributed by atoms with Crippen LogP contribution >= 0.6 is 0 Å². The third-order valence-electron chi connectivity index (χ3n) is 32.6. The van der Waals surface area contributed by atoms with E-state index in [-0.39, 0.29) is 159 Å². The molecule has 0 amide bonds. The predicted molar refractivity (Wildman–Crippen MR) is 556 cm³/mol. The third kappa shape index (κ3) is 18.1. The summed E-state index contributed by atoms with van der Waals surface area (Å²) in [6.07, 6.45) is 9.80. The minimum absolute atomic E-state index is 0.0185. The average Bonchev–Trinajstić information content (AvgIpc) is 0.951. The van der Waals surface area contributed by atoms with Crippen LogP contribution in [0.2, 0.25) is 0 Å². The summed E-state index contributed by atoms with van der Waals surface area (Å²) in [6.45, 7) is 18.2. The molecule has 6 aliphatic carbocycles. The zero-order chi connectivity index (χ0) is 104. The van der Waals surface area contributed by atoms with E-state index in [2.05, 4.69) is 37.9 Å². The molecule has 25 nitrogen and oxygen atoms in total. The third-order valence-corrected chi connectivity index (χ3v) is 37.6. The molecule has 27 heteroatoms. The first-order valence-corrected chi connectivity index (χ1v) is 52.6. The summed E-state index contributed by atoms with van der Waals surface area (Å²) in [5, 5.41) is 118. The van der Waals surface area contributed by atoms with Crippen LogP contribution in [0, 0.1) is 58.2 Å². The van der Waals surface area contributed by atoms with Gasteiger partial charge in [-0.05, 0) is 241 Å². The monoisotopic (exact) mass is 2010 g/mol. The number of benzene rings is 13. The van der Waals surface area contributed by atoms with Crippen molar-refractivity contribution in [3.63, 3.8) is 0 Å². The lowest BCUT2D eigenvalue weighted by molar-refractivity contribution is -0.242. The van der Waals surface area contributed by atoms with Crippen molar-refractivity contribution in [2.24, 2.45) is 68.4 Å². The molecule has 0 aromatic heterocycles. The molecule has 0 spiro atoms. The number of carbonyl (C=O) groups is 5. The number of ether oxygens (including phenoxy) is 4. The molecule has 0 saturated heterocycles. The number of phenols is 8. The predicted octanol–water partition coefficient (Wildman–Crippen LogP) is 22.7. The van der Waals surface area contributed by atoms with Crippen LogP contribution < -0.4 is 18.9 Å². The number of fused-ring (bicyclic) bond motifs is 11. The Hall–Kier alpha value is -14.3. The summed E-state index contributed by atoms with van der Waals surface area (Å²) in [5.74, 6) is -1.45. The second-order valence-electron chi connectivity index (χ2n) is 41.1. The largest absolute Gasteiger partial charge is 0.507 e. The Labute approximate surface area is 849 Å². The maximum Gasteiger partial charge on any atom is 0.200 e. The van der Waals surface area contributed by atoms with E-state index in [0.717, 1.165) is 94.3 Å². The van der Waals surface area contributed by atoms with Crippen molar-refractivity contribution in [1.82, 2.24) is 0 Å². The molecule has 5 unspecified atom stereocenters. The number of Topliss-reactive ketones (excluding diaryl/α,β-unsaturated/α-hetero) is 5. The Bertz CT molecular complexity index is 7230. The number of sulfone groups is 2. The van der Waals surface area contributed by atoms with Crippen molar-refractivity contribution in [3.8, 4) is 80.1 Å². The van der Waals surface area contributed by atoms with E-state index in [9.17, 15) is 91.9 Å². The minimum Gasteiger partial charge on any atom is -0.507 e. The number of hydrogen-bond donors (Lipinski definition) is 10. The van der Waals surface area contributed by atoms with Crippen molar-refractivity contribution in [2.45, 2.75) is 170 Å². The molecule has 13 aromatic rings. The second kappa shape index (κ2) is 40.6. The maximum atomic E-state index is 13.8.